The van der Waals surface area contributed by atoms with Gasteiger partial charge in [0.05, 0.1) is 35.1 Å². The first-order valence-corrected chi connectivity index (χ1v) is 10.3. The molecule has 194 valence electrons. The van der Waals surface area contributed by atoms with E-state index in [9.17, 15) is 35.1 Å². The number of hydrogen-bond donors (Lipinski definition) is 0. The van der Waals surface area contributed by atoms with Crippen molar-refractivity contribution < 1.29 is 44.4 Å². The van der Waals surface area contributed by atoms with Crippen molar-refractivity contribution >= 4 is 23.2 Å². The number of nitrogens with zero attached hydrogens (tertiary/aromatic N) is 4. The first-order chi connectivity index (χ1) is 17.3. The lowest BCUT2D eigenvalue weighted by Crippen LogP contribution is -2.24. The molecule has 4 aromatic rings. The van der Waals surface area contributed by atoms with E-state index in [0.29, 0.717) is 18.0 Å². The van der Waals surface area contributed by atoms with Gasteiger partial charge >= 0.3 is 12.4 Å². The molecule has 0 bridgehead atoms. The quantitative estimate of drug-likeness (QED) is 0.151. The highest BCUT2D eigenvalue weighted by Crippen LogP contribution is 2.47. The Balaban J connectivity index is 2.06. The minimum atomic E-state index is -5.20. The Hall–Kier alpha value is -3.94. The predicted octanol–water partition coefficient (Wildman–Crippen LogP) is 7.38. The van der Waals surface area contributed by atoms with Crippen LogP contribution in [0.4, 0.5) is 40.8 Å². The van der Waals surface area contributed by atoms with Crippen LogP contribution in [0.1, 0.15) is 5.69 Å². The number of methoxy groups -OCH3 is 1. The van der Waals surface area contributed by atoms with Crippen molar-refractivity contribution in [2.75, 3.05) is 7.11 Å². The summed E-state index contributed by atoms with van der Waals surface area (Å²) >= 11 is 6.00. The van der Waals surface area contributed by atoms with E-state index in [0.717, 1.165) is 30.3 Å². The van der Waals surface area contributed by atoms with Crippen LogP contribution in [0.5, 0.6) is 0 Å². The fourth-order valence-corrected chi connectivity index (χ4v) is 3.62. The minimum Gasteiger partial charge on any atom is -0.478 e. The zero-order valence-corrected chi connectivity index (χ0v) is 18.9. The smallest absolute Gasteiger partial charge is 0.468 e. The normalized spacial score (nSPS) is 12.8. The molecule has 0 unspecified atom stereocenters. The lowest BCUT2D eigenvalue weighted by Gasteiger charge is -2.13. The molecule has 0 atom stereocenters. The monoisotopic (exact) mass is 550 g/mol. The van der Waals surface area contributed by atoms with Gasteiger partial charge in [0.1, 0.15) is 23.0 Å². The summed E-state index contributed by atoms with van der Waals surface area (Å²) in [6.45, 7) is 0. The second-order valence-corrected chi connectivity index (χ2v) is 7.63. The molecule has 0 saturated carbocycles. The van der Waals surface area contributed by atoms with Crippen molar-refractivity contribution in [3.05, 3.63) is 71.0 Å². The third kappa shape index (κ3) is 5.01. The van der Waals surface area contributed by atoms with Crippen LogP contribution in [0.15, 0.2) is 58.2 Å². The zero-order chi connectivity index (χ0) is 27.1. The molecule has 0 radical (unpaired) electrons. The summed E-state index contributed by atoms with van der Waals surface area (Å²) < 4.78 is 121. The second-order valence-electron chi connectivity index (χ2n) is 7.22. The summed E-state index contributed by atoms with van der Waals surface area (Å²) in [4.78, 5) is 3.29. The van der Waals surface area contributed by atoms with Gasteiger partial charge in [0, 0.05) is 0 Å². The molecule has 6 nitrogen and oxygen atoms in total. The Labute approximate surface area is 206 Å². The van der Waals surface area contributed by atoms with E-state index in [1.54, 1.807) is 0 Å². The number of aliphatic imine (C=N–C) groups is 1. The molecular weight excluding hydrogens is 540 g/mol. The summed E-state index contributed by atoms with van der Waals surface area (Å²) in [5, 5.41) is 6.76. The van der Waals surface area contributed by atoms with E-state index >= 15 is 0 Å². The first-order valence-electron chi connectivity index (χ1n) is 9.88. The number of halogens is 9. The summed E-state index contributed by atoms with van der Waals surface area (Å²) in [5.74, 6) is -4.79. The molecule has 2 heterocycles. The minimum absolute atomic E-state index is 0.311. The number of rotatable bonds is 4. The van der Waals surface area contributed by atoms with Gasteiger partial charge in [0.15, 0.2) is 11.5 Å². The van der Waals surface area contributed by atoms with Gasteiger partial charge < -0.3 is 9.26 Å². The van der Waals surface area contributed by atoms with Crippen LogP contribution < -0.4 is 0 Å². The van der Waals surface area contributed by atoms with Gasteiger partial charge in [-0.25, -0.2) is 18.5 Å². The van der Waals surface area contributed by atoms with Crippen molar-refractivity contribution in [3.8, 4) is 28.3 Å². The van der Waals surface area contributed by atoms with Gasteiger partial charge in [-0.2, -0.15) is 31.4 Å². The highest BCUT2D eigenvalue weighted by Gasteiger charge is 2.43. The van der Waals surface area contributed by atoms with Crippen LogP contribution in [0, 0.1) is 11.6 Å². The molecule has 0 amide bonds. The van der Waals surface area contributed by atoms with E-state index in [2.05, 4.69) is 20.0 Å². The van der Waals surface area contributed by atoms with Crippen LogP contribution in [0.2, 0.25) is 5.02 Å². The van der Waals surface area contributed by atoms with Gasteiger partial charge in [-0.15, -0.1) is 0 Å². The predicted molar refractivity (Wildman–Crippen MR) is 115 cm³/mol. The summed E-state index contributed by atoms with van der Waals surface area (Å²) in [6, 6.07) is 7.24. The van der Waals surface area contributed by atoms with E-state index < -0.39 is 63.8 Å². The molecule has 0 aliphatic carbocycles. The van der Waals surface area contributed by atoms with Crippen LogP contribution in [0.3, 0.4) is 0 Å². The molecule has 2 aromatic carbocycles. The third-order valence-electron chi connectivity index (χ3n) is 4.85. The molecule has 4 rings (SSSR count). The molecular formula is C22H11ClF8N4O2. The van der Waals surface area contributed by atoms with Crippen LogP contribution in [-0.2, 0) is 10.9 Å². The van der Waals surface area contributed by atoms with Crippen molar-refractivity contribution in [2.24, 2.45) is 4.99 Å². The van der Waals surface area contributed by atoms with Gasteiger partial charge in [-0.05, 0) is 30.3 Å². The highest BCUT2D eigenvalue weighted by atomic mass is 35.5. The van der Waals surface area contributed by atoms with Crippen molar-refractivity contribution in [2.45, 2.75) is 12.4 Å². The number of aromatic nitrogens is 3. The molecule has 0 saturated heterocycles. The Morgan fingerprint density at radius 3 is 2.35 bits per heavy atom. The Bertz CT molecular complexity index is 1470. The van der Waals surface area contributed by atoms with Gasteiger partial charge in [-0.3, -0.25) is 0 Å². The average molecular weight is 551 g/mol. The lowest BCUT2D eigenvalue weighted by atomic mass is 10.1. The van der Waals surface area contributed by atoms with Gasteiger partial charge in [0.25, 0.3) is 5.90 Å². The van der Waals surface area contributed by atoms with E-state index in [-0.39, 0.29) is 10.7 Å². The van der Waals surface area contributed by atoms with E-state index in [1.165, 1.54) is 12.1 Å². The molecule has 0 fully saturated rings. The molecule has 0 aliphatic rings. The van der Waals surface area contributed by atoms with Crippen molar-refractivity contribution in [3.63, 3.8) is 0 Å². The first kappa shape index (κ1) is 26.1. The topological polar surface area (TPSA) is 65.4 Å². The summed E-state index contributed by atoms with van der Waals surface area (Å²) in [6.07, 6.45) is -9.77. The molecule has 0 N–H and O–H groups in total. The Kier molecular flexibility index (Phi) is 6.71. The van der Waals surface area contributed by atoms with Crippen molar-refractivity contribution in [1.82, 2.24) is 14.9 Å². The molecule has 37 heavy (non-hydrogen) atoms. The van der Waals surface area contributed by atoms with Crippen molar-refractivity contribution in [1.29, 1.82) is 0 Å². The summed E-state index contributed by atoms with van der Waals surface area (Å²) in [5.41, 5.74) is -5.11. The van der Waals surface area contributed by atoms with Crippen LogP contribution in [-0.4, -0.2) is 34.1 Å². The fourth-order valence-electron chi connectivity index (χ4n) is 3.37. The molecule has 0 aliphatic heterocycles. The van der Waals surface area contributed by atoms with E-state index in [4.69, 9.17) is 16.1 Å². The lowest BCUT2D eigenvalue weighted by molar-refractivity contribution is -0.142. The maximum Gasteiger partial charge on any atom is 0.468 e. The average Bonchev–Trinajstić information content (AvgIpc) is 3.41. The number of alkyl halides is 6. The highest BCUT2D eigenvalue weighted by molar-refractivity contribution is 6.33. The molecule has 0 spiro atoms. The van der Waals surface area contributed by atoms with Gasteiger partial charge in [0.2, 0.25) is 0 Å². The second kappa shape index (κ2) is 9.50. The summed E-state index contributed by atoms with van der Waals surface area (Å²) in [7, 11) is 0.623. The number of benzene rings is 2. The molecule has 15 heteroatoms. The fraction of sp³-hybridized carbons (Fsp3) is 0.136. The maximum atomic E-state index is 14.6. The van der Waals surface area contributed by atoms with E-state index in [1.807, 2.05) is 0 Å². The third-order valence-corrected chi connectivity index (χ3v) is 5.17. The number of ether oxygens (including phenoxy) is 1. The standard InChI is InChI=1S/C22H11ClF8N4O2/c1-36-20(22(29,30)31)33-17-16(15-13(23)6-3-7-14(15)25)34-37-18(17)12-9-32-35(19(12)21(26,27)28)11-5-2-4-10(24)8-11/h2-9H,1H3/b33-20-. The van der Waals surface area contributed by atoms with Crippen LogP contribution >= 0.6 is 11.6 Å². The molecule has 2 aromatic heterocycles. The number of hydrogen-bond acceptors (Lipinski definition) is 5. The SMILES string of the molecule is CO/C(=N\c1c(-c2c(F)cccc2Cl)noc1-c1cnn(-c2cccc(F)c2)c1C(F)(F)F)C(F)(F)F. The Morgan fingerprint density at radius 1 is 1.05 bits per heavy atom. The largest absolute Gasteiger partial charge is 0.478 e. The maximum absolute atomic E-state index is 14.6. The Morgan fingerprint density at radius 2 is 1.76 bits per heavy atom. The zero-order valence-electron chi connectivity index (χ0n) is 18.1. The van der Waals surface area contributed by atoms with Gasteiger partial charge in [-0.1, -0.05) is 28.9 Å². The van der Waals surface area contributed by atoms with Crippen LogP contribution in [0.25, 0.3) is 28.3 Å².